The zero-order chi connectivity index (χ0) is 22.1. The van der Waals surface area contributed by atoms with Gasteiger partial charge in [0.2, 0.25) is 5.91 Å². The van der Waals surface area contributed by atoms with Crippen molar-refractivity contribution >= 4 is 23.4 Å². The van der Waals surface area contributed by atoms with Gasteiger partial charge in [-0.1, -0.05) is 29.8 Å². The molecule has 3 N–H and O–H groups in total. The van der Waals surface area contributed by atoms with Crippen molar-refractivity contribution in [2.45, 2.75) is 24.9 Å². The van der Waals surface area contributed by atoms with Crippen molar-refractivity contribution in [2.24, 2.45) is 5.73 Å². The molecular weight excluding hydrogens is 421 g/mol. The molecule has 0 unspecified atom stereocenters. The fraction of sp³-hybridized carbons (Fsp3) is 0.174. The van der Waals surface area contributed by atoms with Gasteiger partial charge in [0, 0.05) is 23.0 Å². The molecule has 3 aromatic rings. The normalized spacial score (nSPS) is 15.9. The third kappa shape index (κ3) is 3.84. The Hall–Kier alpha value is -3.45. The highest BCUT2D eigenvalue weighted by Gasteiger charge is 2.41. The number of fused-ring (bicyclic) bond motifs is 1. The van der Waals surface area contributed by atoms with E-state index in [4.69, 9.17) is 17.3 Å². The third-order valence-electron chi connectivity index (χ3n) is 5.47. The number of primary amides is 1. The first-order valence-electron chi connectivity index (χ1n) is 9.66. The minimum Gasteiger partial charge on any atom is -0.507 e. The number of phenols is 1. The maximum absolute atomic E-state index is 14.5. The van der Waals surface area contributed by atoms with Gasteiger partial charge in [0.05, 0.1) is 11.6 Å². The lowest BCUT2D eigenvalue weighted by Crippen LogP contribution is -2.43. The molecule has 158 valence electrons. The lowest BCUT2D eigenvalue weighted by molar-refractivity contribution is -0.123. The number of carbonyl (C=O) groups excluding carboxylic acids is 2. The number of aromatic hydroxyl groups is 1. The summed E-state index contributed by atoms with van der Waals surface area (Å²) in [7, 11) is 0. The van der Waals surface area contributed by atoms with E-state index in [0.29, 0.717) is 29.5 Å². The van der Waals surface area contributed by atoms with Crippen LogP contribution in [0, 0.1) is 5.82 Å². The Morgan fingerprint density at radius 3 is 2.68 bits per heavy atom. The number of pyridine rings is 1. The van der Waals surface area contributed by atoms with E-state index in [1.54, 1.807) is 30.3 Å². The largest absolute Gasteiger partial charge is 0.507 e. The number of para-hydroxylation sites is 1. The number of hydrogen-bond acceptors (Lipinski definition) is 4. The van der Waals surface area contributed by atoms with Crippen LogP contribution in [0.15, 0.2) is 60.9 Å². The number of benzene rings is 2. The Labute approximate surface area is 183 Å². The molecule has 2 aromatic carbocycles. The number of amides is 2. The van der Waals surface area contributed by atoms with E-state index >= 15 is 0 Å². The first kappa shape index (κ1) is 20.8. The minimum atomic E-state index is -1.18. The van der Waals surface area contributed by atoms with Crippen LogP contribution in [-0.2, 0) is 11.2 Å². The van der Waals surface area contributed by atoms with Crippen molar-refractivity contribution in [1.82, 2.24) is 9.88 Å². The summed E-state index contributed by atoms with van der Waals surface area (Å²) in [6.45, 7) is 0. The number of rotatable bonds is 5. The van der Waals surface area contributed by atoms with Crippen molar-refractivity contribution in [3.63, 3.8) is 0 Å². The van der Waals surface area contributed by atoms with Gasteiger partial charge in [-0.3, -0.25) is 14.6 Å². The number of nitrogens with two attached hydrogens (primary N) is 1. The Kier molecular flexibility index (Phi) is 5.61. The number of hydrogen-bond donors (Lipinski definition) is 2. The van der Waals surface area contributed by atoms with E-state index in [1.165, 1.54) is 35.5 Å². The van der Waals surface area contributed by atoms with Crippen LogP contribution in [0.4, 0.5) is 4.39 Å². The van der Waals surface area contributed by atoms with Gasteiger partial charge < -0.3 is 15.7 Å². The maximum atomic E-state index is 14.5. The van der Waals surface area contributed by atoms with Crippen molar-refractivity contribution in [3.8, 4) is 5.75 Å². The highest BCUT2D eigenvalue weighted by molar-refractivity contribution is 6.30. The zero-order valence-corrected chi connectivity index (χ0v) is 17.1. The molecule has 4 rings (SSSR count). The molecule has 2 amide bonds. The van der Waals surface area contributed by atoms with Gasteiger partial charge in [0.1, 0.15) is 17.6 Å². The molecule has 0 radical (unpaired) electrons. The summed E-state index contributed by atoms with van der Waals surface area (Å²) in [6, 6.07) is 10.3. The zero-order valence-electron chi connectivity index (χ0n) is 16.3. The molecule has 0 fully saturated rings. The third-order valence-corrected chi connectivity index (χ3v) is 5.69. The molecule has 1 aliphatic rings. The molecule has 6 nitrogen and oxygen atoms in total. The Balaban J connectivity index is 1.90. The van der Waals surface area contributed by atoms with Crippen LogP contribution in [0.5, 0.6) is 5.75 Å². The van der Waals surface area contributed by atoms with E-state index in [2.05, 4.69) is 4.98 Å². The quantitative estimate of drug-likeness (QED) is 0.629. The average molecular weight is 440 g/mol. The molecule has 8 heteroatoms. The summed E-state index contributed by atoms with van der Waals surface area (Å²) < 4.78 is 14.5. The Morgan fingerprint density at radius 2 is 2.00 bits per heavy atom. The molecule has 1 heterocycles. The molecule has 0 aliphatic heterocycles. The highest BCUT2D eigenvalue weighted by atomic mass is 35.5. The second-order valence-corrected chi connectivity index (χ2v) is 7.77. The number of halogens is 2. The van der Waals surface area contributed by atoms with Crippen molar-refractivity contribution < 1.29 is 19.1 Å². The topological polar surface area (TPSA) is 96.5 Å². The predicted octanol–water partition coefficient (Wildman–Crippen LogP) is 3.94. The summed E-state index contributed by atoms with van der Waals surface area (Å²) in [6.07, 6.45) is 3.73. The van der Waals surface area contributed by atoms with Crippen LogP contribution in [0.1, 0.15) is 45.6 Å². The molecule has 0 spiro atoms. The monoisotopic (exact) mass is 439 g/mol. The Morgan fingerprint density at radius 1 is 1.23 bits per heavy atom. The van der Waals surface area contributed by atoms with Crippen LogP contribution in [0.3, 0.4) is 0 Å². The van der Waals surface area contributed by atoms with Gasteiger partial charge in [0.25, 0.3) is 5.91 Å². The molecule has 1 aromatic heterocycles. The SMILES string of the molecule is NC(=O)[C@@H](c1cccnc1)N(C(=O)c1ccccc1O)[C@H]1CCc2c(F)cc(Cl)cc21. The lowest BCUT2D eigenvalue weighted by Gasteiger charge is -2.35. The van der Waals surface area contributed by atoms with Crippen molar-refractivity contribution in [2.75, 3.05) is 0 Å². The molecule has 0 bridgehead atoms. The number of aromatic nitrogens is 1. The van der Waals surface area contributed by atoms with Gasteiger partial charge >= 0.3 is 0 Å². The van der Waals surface area contributed by atoms with Crippen molar-refractivity contribution in [1.29, 1.82) is 0 Å². The lowest BCUT2D eigenvalue weighted by atomic mass is 9.98. The summed E-state index contributed by atoms with van der Waals surface area (Å²) >= 11 is 6.09. The van der Waals surface area contributed by atoms with Crippen LogP contribution in [-0.4, -0.2) is 26.8 Å². The maximum Gasteiger partial charge on any atom is 0.259 e. The number of carbonyl (C=O) groups is 2. The fourth-order valence-corrected chi connectivity index (χ4v) is 4.36. The van der Waals surface area contributed by atoms with E-state index in [0.717, 1.165) is 0 Å². The smallest absolute Gasteiger partial charge is 0.259 e. The second-order valence-electron chi connectivity index (χ2n) is 7.33. The second kappa shape index (κ2) is 8.35. The first-order valence-corrected chi connectivity index (χ1v) is 10.0. The van der Waals surface area contributed by atoms with Gasteiger partial charge in [0.15, 0.2) is 0 Å². The van der Waals surface area contributed by atoms with Gasteiger partial charge in [-0.15, -0.1) is 0 Å². The first-order chi connectivity index (χ1) is 14.9. The van der Waals surface area contributed by atoms with E-state index < -0.39 is 29.7 Å². The summed E-state index contributed by atoms with van der Waals surface area (Å²) in [5.74, 6) is -2.07. The van der Waals surface area contributed by atoms with Crippen LogP contribution in [0.25, 0.3) is 0 Å². The molecule has 2 atom stereocenters. The molecule has 0 saturated heterocycles. The standard InChI is InChI=1S/C23H19ClFN3O3/c24-14-10-17-15(18(25)11-14)7-8-19(17)28(23(31)16-5-1-2-6-20(16)29)21(22(26)30)13-4-3-9-27-12-13/h1-6,9-12,19,21,29H,7-8H2,(H2,26,30)/t19-,21+/m0/s1. The number of phenolic OH excluding ortho intramolecular Hbond substituents is 1. The predicted molar refractivity (Wildman–Crippen MR) is 113 cm³/mol. The summed E-state index contributed by atoms with van der Waals surface area (Å²) in [5.41, 5.74) is 7.13. The summed E-state index contributed by atoms with van der Waals surface area (Å²) in [4.78, 5) is 31.6. The molecule has 0 saturated carbocycles. The van der Waals surface area contributed by atoms with Crippen LogP contribution >= 0.6 is 11.6 Å². The average Bonchev–Trinajstić information content (AvgIpc) is 3.16. The van der Waals surface area contributed by atoms with E-state index in [-0.39, 0.29) is 16.3 Å². The molecule has 31 heavy (non-hydrogen) atoms. The molecule has 1 aliphatic carbocycles. The highest BCUT2D eigenvalue weighted by Crippen LogP contribution is 2.43. The van der Waals surface area contributed by atoms with E-state index in [1.807, 2.05) is 0 Å². The fourth-order valence-electron chi connectivity index (χ4n) is 4.14. The van der Waals surface area contributed by atoms with Crippen LogP contribution < -0.4 is 5.73 Å². The Bertz CT molecular complexity index is 1160. The van der Waals surface area contributed by atoms with Gasteiger partial charge in [-0.2, -0.15) is 0 Å². The van der Waals surface area contributed by atoms with Gasteiger partial charge in [-0.05, 0) is 54.3 Å². The van der Waals surface area contributed by atoms with Crippen molar-refractivity contribution in [3.05, 3.63) is 94.0 Å². The molecular formula is C23H19ClFN3O3. The number of nitrogens with zero attached hydrogens (tertiary/aromatic N) is 2. The minimum absolute atomic E-state index is 0.00795. The summed E-state index contributed by atoms with van der Waals surface area (Å²) in [5, 5.41) is 10.5. The van der Waals surface area contributed by atoms with E-state index in [9.17, 15) is 19.1 Å². The van der Waals surface area contributed by atoms with Gasteiger partial charge in [-0.25, -0.2) is 4.39 Å². The van der Waals surface area contributed by atoms with Crippen LogP contribution in [0.2, 0.25) is 5.02 Å².